The summed E-state index contributed by atoms with van der Waals surface area (Å²) in [4.78, 5) is 0. The molecule has 2 aromatic rings. The SMILES string of the molecule is Cc1ccc(CN[C@@H]2CCOc3ccccc32)cc1. The van der Waals surface area contributed by atoms with E-state index < -0.39 is 0 Å². The van der Waals surface area contributed by atoms with E-state index >= 15 is 0 Å². The molecule has 0 amide bonds. The zero-order valence-corrected chi connectivity index (χ0v) is 11.2. The summed E-state index contributed by atoms with van der Waals surface area (Å²) in [7, 11) is 0. The van der Waals surface area contributed by atoms with Crippen LogP contribution in [0.25, 0.3) is 0 Å². The Bertz CT molecular complexity index is 547. The molecule has 1 atom stereocenters. The van der Waals surface area contributed by atoms with Crippen LogP contribution in [0.15, 0.2) is 48.5 Å². The normalized spacial score (nSPS) is 17.6. The summed E-state index contributed by atoms with van der Waals surface area (Å²) in [5.74, 6) is 1.02. The second-order valence-corrected chi connectivity index (χ2v) is 5.09. The maximum atomic E-state index is 5.68. The van der Waals surface area contributed by atoms with Gasteiger partial charge in [-0.25, -0.2) is 0 Å². The number of benzene rings is 2. The fourth-order valence-electron chi connectivity index (χ4n) is 2.50. The molecule has 19 heavy (non-hydrogen) atoms. The summed E-state index contributed by atoms with van der Waals surface area (Å²) in [5.41, 5.74) is 3.91. The lowest BCUT2D eigenvalue weighted by molar-refractivity contribution is 0.252. The highest BCUT2D eigenvalue weighted by molar-refractivity contribution is 5.37. The molecule has 0 aromatic heterocycles. The predicted octanol–water partition coefficient (Wildman–Crippen LogP) is 3.61. The third-order valence-corrected chi connectivity index (χ3v) is 3.63. The molecule has 3 rings (SSSR count). The summed E-state index contributed by atoms with van der Waals surface area (Å²) in [6.07, 6.45) is 1.03. The van der Waals surface area contributed by atoms with Crippen molar-refractivity contribution in [3.8, 4) is 5.75 Å². The summed E-state index contributed by atoms with van der Waals surface area (Å²) in [6, 6.07) is 17.4. The Morgan fingerprint density at radius 3 is 2.74 bits per heavy atom. The third-order valence-electron chi connectivity index (χ3n) is 3.63. The van der Waals surface area contributed by atoms with E-state index in [0.29, 0.717) is 6.04 Å². The lowest BCUT2D eigenvalue weighted by Gasteiger charge is -2.26. The molecular weight excluding hydrogens is 234 g/mol. The van der Waals surface area contributed by atoms with E-state index in [-0.39, 0.29) is 0 Å². The van der Waals surface area contributed by atoms with Gasteiger partial charge in [0.2, 0.25) is 0 Å². The Hall–Kier alpha value is -1.80. The van der Waals surface area contributed by atoms with Gasteiger partial charge in [-0.2, -0.15) is 0 Å². The Morgan fingerprint density at radius 2 is 1.89 bits per heavy atom. The van der Waals surface area contributed by atoms with Gasteiger partial charge in [-0.3, -0.25) is 0 Å². The zero-order valence-electron chi connectivity index (χ0n) is 11.2. The first kappa shape index (κ1) is 12.2. The third kappa shape index (κ3) is 2.79. The molecule has 98 valence electrons. The van der Waals surface area contributed by atoms with E-state index in [1.54, 1.807) is 0 Å². The molecule has 2 heteroatoms. The minimum atomic E-state index is 0.395. The van der Waals surface area contributed by atoms with Crippen molar-refractivity contribution in [1.82, 2.24) is 5.32 Å². The minimum absolute atomic E-state index is 0.395. The Kier molecular flexibility index (Phi) is 3.51. The highest BCUT2D eigenvalue weighted by Crippen LogP contribution is 2.31. The number of ether oxygens (including phenoxy) is 1. The summed E-state index contributed by atoms with van der Waals surface area (Å²) >= 11 is 0. The molecule has 0 fully saturated rings. The summed E-state index contributed by atoms with van der Waals surface area (Å²) in [5, 5.41) is 3.63. The van der Waals surface area contributed by atoms with Gasteiger partial charge >= 0.3 is 0 Å². The van der Waals surface area contributed by atoms with Crippen LogP contribution in [0, 0.1) is 6.92 Å². The average molecular weight is 253 g/mol. The van der Waals surface area contributed by atoms with E-state index in [1.807, 2.05) is 6.07 Å². The quantitative estimate of drug-likeness (QED) is 0.902. The smallest absolute Gasteiger partial charge is 0.124 e. The maximum Gasteiger partial charge on any atom is 0.124 e. The van der Waals surface area contributed by atoms with Gasteiger partial charge in [0.25, 0.3) is 0 Å². The van der Waals surface area contributed by atoms with Crippen LogP contribution in [0.1, 0.15) is 29.2 Å². The molecule has 1 aliphatic heterocycles. The van der Waals surface area contributed by atoms with Gasteiger partial charge in [0.05, 0.1) is 6.61 Å². The molecule has 1 aliphatic rings. The van der Waals surface area contributed by atoms with E-state index in [1.165, 1.54) is 16.7 Å². The highest BCUT2D eigenvalue weighted by atomic mass is 16.5. The van der Waals surface area contributed by atoms with Crippen molar-refractivity contribution < 1.29 is 4.74 Å². The van der Waals surface area contributed by atoms with Crippen molar-refractivity contribution in [2.75, 3.05) is 6.61 Å². The largest absolute Gasteiger partial charge is 0.493 e. The minimum Gasteiger partial charge on any atom is -0.493 e. The van der Waals surface area contributed by atoms with Gasteiger partial charge in [0.1, 0.15) is 5.75 Å². The number of hydrogen-bond donors (Lipinski definition) is 1. The van der Waals surface area contributed by atoms with Gasteiger partial charge in [0.15, 0.2) is 0 Å². The summed E-state index contributed by atoms with van der Waals surface area (Å²) in [6.45, 7) is 3.81. The molecule has 0 unspecified atom stereocenters. The van der Waals surface area contributed by atoms with Crippen LogP contribution in [0.4, 0.5) is 0 Å². The molecule has 0 spiro atoms. The van der Waals surface area contributed by atoms with Crippen molar-refractivity contribution in [3.05, 3.63) is 65.2 Å². The van der Waals surface area contributed by atoms with Crippen molar-refractivity contribution in [3.63, 3.8) is 0 Å². The van der Waals surface area contributed by atoms with Gasteiger partial charge in [-0.15, -0.1) is 0 Å². The number of fused-ring (bicyclic) bond motifs is 1. The number of para-hydroxylation sites is 1. The van der Waals surface area contributed by atoms with Gasteiger partial charge < -0.3 is 10.1 Å². The van der Waals surface area contributed by atoms with E-state index in [2.05, 4.69) is 54.7 Å². The maximum absolute atomic E-state index is 5.68. The van der Waals surface area contributed by atoms with Crippen molar-refractivity contribution in [2.45, 2.75) is 25.9 Å². The van der Waals surface area contributed by atoms with Gasteiger partial charge in [-0.1, -0.05) is 48.0 Å². The molecule has 1 heterocycles. The van der Waals surface area contributed by atoms with Gasteiger partial charge in [0, 0.05) is 24.6 Å². The van der Waals surface area contributed by atoms with Crippen molar-refractivity contribution in [2.24, 2.45) is 0 Å². The number of nitrogens with one attached hydrogen (secondary N) is 1. The Labute approximate surface area is 114 Å². The van der Waals surface area contributed by atoms with Crippen LogP contribution in [0.5, 0.6) is 5.75 Å². The first-order chi connectivity index (χ1) is 9.33. The van der Waals surface area contributed by atoms with Crippen LogP contribution in [0.3, 0.4) is 0 Å². The summed E-state index contributed by atoms with van der Waals surface area (Å²) < 4.78 is 5.68. The molecule has 0 radical (unpaired) electrons. The van der Waals surface area contributed by atoms with Crippen LogP contribution in [-0.2, 0) is 6.54 Å². The number of aryl methyl sites for hydroxylation is 1. The molecule has 2 nitrogen and oxygen atoms in total. The molecule has 0 bridgehead atoms. The molecule has 1 N–H and O–H groups in total. The number of rotatable bonds is 3. The van der Waals surface area contributed by atoms with E-state index in [9.17, 15) is 0 Å². The molecule has 0 saturated heterocycles. The number of hydrogen-bond acceptors (Lipinski definition) is 2. The first-order valence-electron chi connectivity index (χ1n) is 6.83. The predicted molar refractivity (Wildman–Crippen MR) is 77.3 cm³/mol. The molecule has 0 saturated carbocycles. The van der Waals surface area contributed by atoms with Crippen LogP contribution < -0.4 is 10.1 Å². The van der Waals surface area contributed by atoms with Crippen LogP contribution >= 0.6 is 0 Å². The van der Waals surface area contributed by atoms with Gasteiger partial charge in [-0.05, 0) is 18.6 Å². The highest BCUT2D eigenvalue weighted by Gasteiger charge is 2.20. The second kappa shape index (κ2) is 5.45. The first-order valence-corrected chi connectivity index (χ1v) is 6.83. The average Bonchev–Trinajstić information content (AvgIpc) is 2.47. The zero-order chi connectivity index (χ0) is 13.1. The fourth-order valence-corrected chi connectivity index (χ4v) is 2.50. The van der Waals surface area contributed by atoms with Crippen molar-refractivity contribution in [1.29, 1.82) is 0 Å². The monoisotopic (exact) mass is 253 g/mol. The Morgan fingerprint density at radius 1 is 1.11 bits per heavy atom. The van der Waals surface area contributed by atoms with Crippen LogP contribution in [0.2, 0.25) is 0 Å². The fraction of sp³-hybridized carbons (Fsp3) is 0.294. The lowest BCUT2D eigenvalue weighted by atomic mass is 10.0. The van der Waals surface area contributed by atoms with Crippen molar-refractivity contribution >= 4 is 0 Å². The topological polar surface area (TPSA) is 21.3 Å². The standard InChI is InChI=1S/C17H19NO/c1-13-6-8-14(9-7-13)12-18-16-10-11-19-17-5-3-2-4-15(16)17/h2-9,16,18H,10-12H2,1H3/t16-/m1/s1. The molecule has 0 aliphatic carbocycles. The molecular formula is C17H19NO. The van der Waals surface area contributed by atoms with E-state index in [4.69, 9.17) is 4.74 Å². The lowest BCUT2D eigenvalue weighted by Crippen LogP contribution is -2.26. The van der Waals surface area contributed by atoms with Crippen LogP contribution in [-0.4, -0.2) is 6.61 Å². The molecule has 2 aromatic carbocycles. The van der Waals surface area contributed by atoms with E-state index in [0.717, 1.165) is 25.3 Å². The Balaban J connectivity index is 1.69. The second-order valence-electron chi connectivity index (χ2n) is 5.09.